The summed E-state index contributed by atoms with van der Waals surface area (Å²) in [5.41, 5.74) is 0. The van der Waals surface area contributed by atoms with Gasteiger partial charge in [0.2, 0.25) is 0 Å². The summed E-state index contributed by atoms with van der Waals surface area (Å²) in [7, 11) is -1.71. The second kappa shape index (κ2) is 4.40. The van der Waals surface area contributed by atoms with Crippen molar-refractivity contribution in [3.8, 4) is 0 Å². The monoisotopic (exact) mass is 266 g/mol. The molecular weight excluding hydrogens is 243 g/mol. The fourth-order valence-corrected chi connectivity index (χ4v) is 38.7. The first-order valence-corrected chi connectivity index (χ1v) is 15.7. The van der Waals surface area contributed by atoms with Crippen LogP contribution in [0.2, 0.25) is 38.3 Å². The van der Waals surface area contributed by atoms with Crippen molar-refractivity contribution in [1.82, 2.24) is 0 Å². The number of benzene rings is 1. The normalized spacial score (nSPS) is 24.2. The van der Waals surface area contributed by atoms with E-state index in [1.807, 2.05) is 0 Å². The molecule has 0 unspecified atom stereocenters. The summed E-state index contributed by atoms with van der Waals surface area (Å²) in [6.07, 6.45) is 1.52. The smallest absolute Gasteiger partial charge is 0.0760 e. The zero-order chi connectivity index (χ0) is 11.8. The summed E-state index contributed by atoms with van der Waals surface area (Å²) in [5.74, 6) is 0. The number of hydrogen-bond acceptors (Lipinski definition) is 0. The predicted octanol–water partition coefficient (Wildman–Crippen LogP) is 4.61. The van der Waals surface area contributed by atoms with E-state index in [9.17, 15) is 0 Å². The second-order valence-corrected chi connectivity index (χ2v) is 26.9. The van der Waals surface area contributed by atoms with Crippen LogP contribution in [0.5, 0.6) is 0 Å². The topological polar surface area (TPSA) is 0 Å². The van der Waals surface area contributed by atoms with Crippen LogP contribution in [0.25, 0.3) is 0 Å². The van der Waals surface area contributed by atoms with Crippen LogP contribution in [-0.4, -0.2) is 15.5 Å². The minimum atomic E-state index is -0.970. The lowest BCUT2D eigenvalue weighted by Gasteiger charge is -2.48. The molecule has 1 aromatic rings. The molecule has 1 heterocycles. The second-order valence-electron chi connectivity index (χ2n) is 6.15. The Morgan fingerprint density at radius 2 is 1.38 bits per heavy atom. The van der Waals surface area contributed by atoms with Gasteiger partial charge in [0.15, 0.2) is 0 Å². The molecule has 0 aliphatic carbocycles. The molecular formula is C13H23PSi2. The van der Waals surface area contributed by atoms with Crippen molar-refractivity contribution < 1.29 is 0 Å². The maximum atomic E-state index is 2.64. The summed E-state index contributed by atoms with van der Waals surface area (Å²) in [6.45, 7) is 10.6. The predicted molar refractivity (Wildman–Crippen MR) is 82.2 cm³/mol. The SMILES string of the molecule is C[Si]1(C)CCC[Si](C)(C)P1c1ccccc1. The summed E-state index contributed by atoms with van der Waals surface area (Å²) < 4.78 is 0. The standard InChI is InChI=1S/C13H23PSi2/c1-15(2)11-8-12-16(3,4)14(15)13-9-6-5-7-10-13/h5-7,9-10H,8,11-12H2,1-4H3. The summed E-state index contributed by atoms with van der Waals surface area (Å²) in [6, 6.07) is 14.6. The van der Waals surface area contributed by atoms with Crippen molar-refractivity contribution in [2.24, 2.45) is 0 Å². The highest BCUT2D eigenvalue weighted by Crippen LogP contribution is 2.60. The molecule has 88 valence electrons. The highest BCUT2D eigenvalue weighted by Gasteiger charge is 2.46. The molecule has 0 saturated carbocycles. The number of rotatable bonds is 1. The van der Waals surface area contributed by atoms with Gasteiger partial charge < -0.3 is 0 Å². The van der Waals surface area contributed by atoms with Crippen molar-refractivity contribution in [2.75, 3.05) is 0 Å². The van der Waals surface area contributed by atoms with E-state index in [1.54, 1.807) is 17.4 Å². The van der Waals surface area contributed by atoms with Gasteiger partial charge in [-0.2, -0.15) is 0 Å². The lowest BCUT2D eigenvalue weighted by molar-refractivity contribution is 1.03. The largest absolute Gasteiger partial charge is 0.0992 e. The van der Waals surface area contributed by atoms with Gasteiger partial charge >= 0.3 is 0 Å². The van der Waals surface area contributed by atoms with E-state index in [1.165, 1.54) is 6.42 Å². The molecule has 2 rings (SSSR count). The Balaban J connectivity index is 2.41. The van der Waals surface area contributed by atoms with E-state index in [2.05, 4.69) is 56.5 Å². The fraction of sp³-hybridized carbons (Fsp3) is 0.538. The third kappa shape index (κ3) is 2.34. The molecule has 1 fully saturated rings. The summed E-state index contributed by atoms with van der Waals surface area (Å²) in [5, 5.41) is 1.71. The van der Waals surface area contributed by atoms with Crippen LogP contribution in [0, 0.1) is 0 Å². The van der Waals surface area contributed by atoms with E-state index in [0.717, 1.165) is 0 Å². The van der Waals surface area contributed by atoms with Gasteiger partial charge in [-0.15, -0.1) is 0 Å². The van der Waals surface area contributed by atoms with E-state index in [4.69, 9.17) is 0 Å². The fourth-order valence-electron chi connectivity index (χ4n) is 3.27. The van der Waals surface area contributed by atoms with Gasteiger partial charge in [-0.3, -0.25) is 0 Å². The molecule has 0 radical (unpaired) electrons. The van der Waals surface area contributed by atoms with Crippen LogP contribution < -0.4 is 5.30 Å². The molecule has 0 atom stereocenters. The molecule has 0 amide bonds. The zero-order valence-corrected chi connectivity index (χ0v) is 13.8. The van der Waals surface area contributed by atoms with Gasteiger partial charge in [0.25, 0.3) is 0 Å². The Hall–Kier alpha value is 0.0838. The van der Waals surface area contributed by atoms with Crippen LogP contribution in [0.1, 0.15) is 6.42 Å². The molecule has 1 aliphatic heterocycles. The first kappa shape index (κ1) is 12.5. The molecule has 3 heteroatoms. The molecule has 16 heavy (non-hydrogen) atoms. The Kier molecular flexibility index (Phi) is 3.45. The van der Waals surface area contributed by atoms with E-state index in [0.29, 0.717) is 0 Å². The molecule has 1 saturated heterocycles. The van der Waals surface area contributed by atoms with Crippen LogP contribution in [0.3, 0.4) is 0 Å². The van der Waals surface area contributed by atoms with Gasteiger partial charge in [-0.1, -0.05) is 82.0 Å². The van der Waals surface area contributed by atoms with Gasteiger partial charge in [-0.05, 0) is 5.30 Å². The third-order valence-electron chi connectivity index (χ3n) is 3.80. The molecule has 0 N–H and O–H groups in total. The van der Waals surface area contributed by atoms with Gasteiger partial charge in [-0.25, -0.2) is 0 Å². The molecule has 1 aliphatic rings. The summed E-state index contributed by atoms with van der Waals surface area (Å²) >= 11 is 0. The quantitative estimate of drug-likeness (QED) is 0.514. The van der Waals surface area contributed by atoms with Gasteiger partial charge in [0, 0.05) is 0 Å². The van der Waals surface area contributed by atoms with Gasteiger partial charge in [0.1, 0.15) is 0 Å². The Bertz CT molecular complexity index is 343. The summed E-state index contributed by atoms with van der Waals surface area (Å²) in [4.78, 5) is 0. The first-order valence-electron chi connectivity index (χ1n) is 6.29. The number of hydrogen-bond donors (Lipinski definition) is 0. The third-order valence-corrected chi connectivity index (χ3v) is 31.2. The maximum Gasteiger partial charge on any atom is 0.0760 e. The van der Waals surface area contributed by atoms with Crippen LogP contribution in [0.4, 0.5) is 0 Å². The van der Waals surface area contributed by atoms with E-state index in [-0.39, 0.29) is 7.02 Å². The molecule has 0 aromatic heterocycles. The van der Waals surface area contributed by atoms with Crippen molar-refractivity contribution in [3.63, 3.8) is 0 Å². The highest BCUT2D eigenvalue weighted by molar-refractivity contribution is 8.22. The van der Waals surface area contributed by atoms with Crippen LogP contribution >= 0.6 is 7.02 Å². The molecule has 0 bridgehead atoms. The van der Waals surface area contributed by atoms with Crippen molar-refractivity contribution in [2.45, 2.75) is 44.7 Å². The minimum absolute atomic E-state index is 0.224. The Morgan fingerprint density at radius 1 is 0.875 bits per heavy atom. The lowest BCUT2D eigenvalue weighted by atomic mass is 10.4. The highest BCUT2D eigenvalue weighted by atomic mass is 31.6. The van der Waals surface area contributed by atoms with E-state index < -0.39 is 15.5 Å². The van der Waals surface area contributed by atoms with Crippen molar-refractivity contribution in [3.05, 3.63) is 30.3 Å². The molecule has 1 aromatic carbocycles. The first-order chi connectivity index (χ1) is 7.43. The van der Waals surface area contributed by atoms with Crippen LogP contribution in [-0.2, 0) is 0 Å². The van der Waals surface area contributed by atoms with Crippen molar-refractivity contribution in [1.29, 1.82) is 0 Å². The Labute approximate surface area is 103 Å². The lowest BCUT2D eigenvalue weighted by Crippen LogP contribution is -2.44. The average Bonchev–Trinajstić information content (AvgIpc) is 2.16. The maximum absolute atomic E-state index is 2.64. The van der Waals surface area contributed by atoms with E-state index >= 15 is 0 Å². The Morgan fingerprint density at radius 3 is 1.88 bits per heavy atom. The molecule has 0 nitrogen and oxygen atoms in total. The minimum Gasteiger partial charge on any atom is -0.0992 e. The van der Waals surface area contributed by atoms with Crippen molar-refractivity contribution >= 4 is 27.8 Å². The van der Waals surface area contributed by atoms with Crippen LogP contribution in [0.15, 0.2) is 30.3 Å². The zero-order valence-electron chi connectivity index (χ0n) is 11.0. The van der Waals surface area contributed by atoms with Gasteiger partial charge in [0.05, 0.1) is 15.5 Å². The average molecular weight is 266 g/mol. The molecule has 0 spiro atoms.